The van der Waals surface area contributed by atoms with Crippen LogP contribution < -0.4 is 11.1 Å². The number of aliphatic hydroxyl groups excluding tert-OH is 1. The fourth-order valence-electron chi connectivity index (χ4n) is 1.32. The largest absolute Gasteiger partial charge is 0.396 e. The van der Waals surface area contributed by atoms with E-state index in [1.165, 1.54) is 0 Å². The summed E-state index contributed by atoms with van der Waals surface area (Å²) >= 11 is 0. The first-order valence-electron chi connectivity index (χ1n) is 5.16. The van der Waals surface area contributed by atoms with E-state index in [0.717, 1.165) is 11.4 Å². The van der Waals surface area contributed by atoms with Crippen LogP contribution in [0.1, 0.15) is 18.3 Å². The molecule has 1 aromatic rings. The summed E-state index contributed by atoms with van der Waals surface area (Å²) in [7, 11) is 0. The van der Waals surface area contributed by atoms with Crippen molar-refractivity contribution < 1.29 is 9.90 Å². The summed E-state index contributed by atoms with van der Waals surface area (Å²) in [6.45, 7) is 5.59. The molecular formula is C10H18N4O2. The summed E-state index contributed by atoms with van der Waals surface area (Å²) in [5, 5.41) is 15.8. The van der Waals surface area contributed by atoms with Crippen molar-refractivity contribution in [1.82, 2.24) is 15.1 Å². The lowest BCUT2D eigenvalue weighted by Gasteiger charge is -2.08. The molecule has 0 bridgehead atoms. The molecule has 1 aromatic heterocycles. The third-order valence-electron chi connectivity index (χ3n) is 2.33. The Morgan fingerprint density at radius 1 is 1.62 bits per heavy atom. The predicted molar refractivity (Wildman–Crippen MR) is 60.8 cm³/mol. The fourth-order valence-corrected chi connectivity index (χ4v) is 1.32. The second-order valence-electron chi connectivity index (χ2n) is 3.90. The highest BCUT2D eigenvalue weighted by Gasteiger charge is 2.11. The van der Waals surface area contributed by atoms with Crippen molar-refractivity contribution in [2.45, 2.75) is 33.4 Å². The number of aliphatic hydroxyl groups is 1. The minimum Gasteiger partial charge on any atom is -0.396 e. The van der Waals surface area contributed by atoms with Crippen molar-refractivity contribution in [2.24, 2.45) is 0 Å². The molecule has 1 amide bonds. The van der Waals surface area contributed by atoms with Crippen LogP contribution >= 0.6 is 0 Å². The zero-order valence-corrected chi connectivity index (χ0v) is 9.82. The molecule has 6 heteroatoms. The smallest absolute Gasteiger partial charge is 0.241 e. The number of carbonyl (C=O) groups is 1. The molecule has 0 aliphatic carbocycles. The van der Waals surface area contributed by atoms with Gasteiger partial charge in [-0.2, -0.15) is 5.10 Å². The topological polar surface area (TPSA) is 93.2 Å². The second-order valence-corrected chi connectivity index (χ2v) is 3.90. The molecule has 1 atom stereocenters. The van der Waals surface area contributed by atoms with Gasteiger partial charge in [0.2, 0.25) is 5.91 Å². The number of aryl methyl sites for hydroxylation is 1. The van der Waals surface area contributed by atoms with Crippen LogP contribution in [0.3, 0.4) is 0 Å². The van der Waals surface area contributed by atoms with E-state index >= 15 is 0 Å². The fraction of sp³-hybridized carbons (Fsp3) is 0.600. The highest BCUT2D eigenvalue weighted by molar-refractivity contribution is 5.75. The first-order chi connectivity index (χ1) is 7.41. The van der Waals surface area contributed by atoms with Gasteiger partial charge in [-0.15, -0.1) is 0 Å². The standard InChI is InChI=1S/C10H18N4O2/c1-6(15)4-12-9(16)5-14-8(3)10(11)7(2)13-14/h6,15H,4-5,11H2,1-3H3,(H,12,16)/t6-/m0/s1. The maximum absolute atomic E-state index is 11.5. The van der Waals surface area contributed by atoms with Crippen LogP contribution in [0.4, 0.5) is 5.69 Å². The molecule has 0 spiro atoms. The van der Waals surface area contributed by atoms with Gasteiger partial charge in [-0.3, -0.25) is 9.48 Å². The van der Waals surface area contributed by atoms with Crippen molar-refractivity contribution in [1.29, 1.82) is 0 Å². The van der Waals surface area contributed by atoms with E-state index in [-0.39, 0.29) is 19.0 Å². The van der Waals surface area contributed by atoms with Crippen LogP contribution in [0.25, 0.3) is 0 Å². The minimum absolute atomic E-state index is 0.122. The Kier molecular flexibility index (Phi) is 3.89. The number of amides is 1. The van der Waals surface area contributed by atoms with Crippen molar-refractivity contribution >= 4 is 11.6 Å². The number of hydrogen-bond acceptors (Lipinski definition) is 4. The molecule has 1 heterocycles. The lowest BCUT2D eigenvalue weighted by atomic mass is 10.3. The molecule has 1 rings (SSSR count). The van der Waals surface area contributed by atoms with E-state index in [0.29, 0.717) is 5.69 Å². The molecule has 0 unspecified atom stereocenters. The number of nitrogens with zero attached hydrogens (tertiary/aromatic N) is 2. The number of nitrogens with one attached hydrogen (secondary N) is 1. The number of nitrogens with two attached hydrogens (primary N) is 1. The molecule has 0 aliphatic heterocycles. The van der Waals surface area contributed by atoms with Crippen LogP contribution in [0.2, 0.25) is 0 Å². The molecule has 0 aromatic carbocycles. The van der Waals surface area contributed by atoms with Crippen molar-refractivity contribution in [3.05, 3.63) is 11.4 Å². The quantitative estimate of drug-likeness (QED) is 0.650. The highest BCUT2D eigenvalue weighted by Crippen LogP contribution is 2.14. The molecule has 0 saturated heterocycles. The van der Waals surface area contributed by atoms with E-state index in [1.54, 1.807) is 18.5 Å². The monoisotopic (exact) mass is 226 g/mol. The molecular weight excluding hydrogens is 208 g/mol. The summed E-state index contributed by atoms with van der Waals surface area (Å²) in [5.74, 6) is -0.188. The highest BCUT2D eigenvalue weighted by atomic mass is 16.3. The molecule has 0 fully saturated rings. The zero-order chi connectivity index (χ0) is 12.3. The molecule has 90 valence electrons. The zero-order valence-electron chi connectivity index (χ0n) is 9.82. The van der Waals surface area contributed by atoms with Gasteiger partial charge < -0.3 is 16.2 Å². The normalized spacial score (nSPS) is 12.5. The number of anilines is 1. The molecule has 16 heavy (non-hydrogen) atoms. The van der Waals surface area contributed by atoms with Crippen molar-refractivity contribution in [3.63, 3.8) is 0 Å². The summed E-state index contributed by atoms with van der Waals surface area (Å²) < 4.78 is 1.56. The molecule has 0 radical (unpaired) electrons. The van der Waals surface area contributed by atoms with Gasteiger partial charge in [0.15, 0.2) is 0 Å². The van der Waals surface area contributed by atoms with Crippen LogP contribution in [-0.4, -0.2) is 33.4 Å². The van der Waals surface area contributed by atoms with E-state index in [2.05, 4.69) is 10.4 Å². The average molecular weight is 226 g/mol. The van der Waals surface area contributed by atoms with E-state index in [4.69, 9.17) is 10.8 Å². The number of rotatable bonds is 4. The SMILES string of the molecule is Cc1nn(CC(=O)NC[C@H](C)O)c(C)c1N. The summed E-state index contributed by atoms with van der Waals surface area (Å²) in [5.41, 5.74) is 7.86. The Balaban J connectivity index is 2.60. The van der Waals surface area contributed by atoms with Crippen molar-refractivity contribution in [3.8, 4) is 0 Å². The van der Waals surface area contributed by atoms with Gasteiger partial charge in [0, 0.05) is 6.54 Å². The van der Waals surface area contributed by atoms with Crippen LogP contribution in [0.5, 0.6) is 0 Å². The molecule has 0 saturated carbocycles. The first-order valence-corrected chi connectivity index (χ1v) is 5.16. The van der Waals surface area contributed by atoms with Crippen molar-refractivity contribution in [2.75, 3.05) is 12.3 Å². The third kappa shape index (κ3) is 2.96. The Morgan fingerprint density at radius 3 is 2.69 bits per heavy atom. The number of hydrogen-bond donors (Lipinski definition) is 3. The van der Waals surface area contributed by atoms with Crippen LogP contribution in [0, 0.1) is 13.8 Å². The minimum atomic E-state index is -0.547. The molecule has 4 N–H and O–H groups in total. The Labute approximate surface area is 94.4 Å². The van der Waals surface area contributed by atoms with Gasteiger partial charge >= 0.3 is 0 Å². The average Bonchev–Trinajstić information content (AvgIpc) is 2.43. The first kappa shape index (κ1) is 12.5. The Hall–Kier alpha value is -1.56. The van der Waals surface area contributed by atoms with Gasteiger partial charge in [0.1, 0.15) is 6.54 Å². The third-order valence-corrected chi connectivity index (χ3v) is 2.33. The van der Waals surface area contributed by atoms with Crippen LogP contribution in [0.15, 0.2) is 0 Å². The number of carbonyl (C=O) groups excluding carboxylic acids is 1. The Bertz CT molecular complexity index is 384. The maximum atomic E-state index is 11.5. The van der Waals surface area contributed by atoms with Gasteiger partial charge in [0.25, 0.3) is 0 Å². The summed E-state index contributed by atoms with van der Waals surface area (Å²) in [4.78, 5) is 11.5. The van der Waals surface area contributed by atoms with E-state index < -0.39 is 6.10 Å². The lowest BCUT2D eigenvalue weighted by Crippen LogP contribution is -2.33. The van der Waals surface area contributed by atoms with Gasteiger partial charge in [-0.05, 0) is 20.8 Å². The lowest BCUT2D eigenvalue weighted by molar-refractivity contribution is -0.122. The summed E-state index contributed by atoms with van der Waals surface area (Å²) in [6.07, 6.45) is -0.547. The number of nitrogen functional groups attached to an aromatic ring is 1. The molecule has 0 aliphatic rings. The predicted octanol–water partition coefficient (Wildman–Crippen LogP) is -0.421. The number of aromatic nitrogens is 2. The van der Waals surface area contributed by atoms with E-state index in [9.17, 15) is 4.79 Å². The van der Waals surface area contributed by atoms with Crippen LogP contribution in [-0.2, 0) is 11.3 Å². The Morgan fingerprint density at radius 2 is 2.25 bits per heavy atom. The maximum Gasteiger partial charge on any atom is 0.241 e. The van der Waals surface area contributed by atoms with E-state index in [1.807, 2.05) is 6.92 Å². The van der Waals surface area contributed by atoms with Gasteiger partial charge in [-0.1, -0.05) is 0 Å². The second kappa shape index (κ2) is 4.98. The molecule has 6 nitrogen and oxygen atoms in total. The van der Waals surface area contributed by atoms with Gasteiger partial charge in [-0.25, -0.2) is 0 Å². The van der Waals surface area contributed by atoms with Gasteiger partial charge in [0.05, 0.1) is 23.2 Å². The summed E-state index contributed by atoms with van der Waals surface area (Å²) in [6, 6.07) is 0.